The minimum Gasteiger partial charge on any atom is -0.481 e. The second-order valence-corrected chi connectivity index (χ2v) is 5.50. The Balaban J connectivity index is 2.13. The number of carboxylic acids is 1. The van der Waals surface area contributed by atoms with Crippen LogP contribution >= 0.6 is 0 Å². The van der Waals surface area contributed by atoms with Gasteiger partial charge in [-0.25, -0.2) is 4.39 Å². The zero-order valence-electron chi connectivity index (χ0n) is 12.3. The molecule has 4 nitrogen and oxygen atoms in total. The summed E-state index contributed by atoms with van der Waals surface area (Å²) in [7, 11) is 0. The fraction of sp³-hybridized carbons (Fsp3) is 0.222. The van der Waals surface area contributed by atoms with Crippen LogP contribution in [0.4, 0.5) is 4.39 Å². The predicted molar refractivity (Wildman–Crippen MR) is 80.0 cm³/mol. The van der Waals surface area contributed by atoms with Crippen molar-refractivity contribution in [3.63, 3.8) is 0 Å². The first-order valence-corrected chi connectivity index (χ1v) is 7.20. The third kappa shape index (κ3) is 2.69. The summed E-state index contributed by atoms with van der Waals surface area (Å²) in [6.07, 6.45) is 0.0979. The van der Waals surface area contributed by atoms with Gasteiger partial charge in [-0.1, -0.05) is 18.2 Å². The van der Waals surface area contributed by atoms with Gasteiger partial charge in [0.1, 0.15) is 11.4 Å². The van der Waals surface area contributed by atoms with Gasteiger partial charge >= 0.3 is 5.97 Å². The maximum atomic E-state index is 13.7. The van der Waals surface area contributed by atoms with Crippen LogP contribution in [0.15, 0.2) is 42.5 Å². The highest BCUT2D eigenvalue weighted by atomic mass is 19.1. The van der Waals surface area contributed by atoms with Gasteiger partial charge < -0.3 is 9.84 Å². The number of halogens is 1. The van der Waals surface area contributed by atoms with Crippen LogP contribution in [0.25, 0.3) is 0 Å². The van der Waals surface area contributed by atoms with E-state index < -0.39 is 17.4 Å². The molecule has 2 aromatic carbocycles. The van der Waals surface area contributed by atoms with Crippen LogP contribution in [0, 0.1) is 17.1 Å². The number of carbonyl (C=O) groups is 1. The number of hydrogen-bond donors (Lipinski definition) is 1. The Morgan fingerprint density at radius 2 is 2.17 bits per heavy atom. The standard InChI is InChI=1S/C18H14FNO3/c19-15-3-1-2-14(9-15)18(7-6-17(21)22)16-5-4-12(10-20)8-13(16)11-23-18/h1-5,8-9H,6-7,11H2,(H,21,22). The minimum atomic E-state index is -0.996. The van der Waals surface area contributed by atoms with Crippen molar-refractivity contribution >= 4 is 5.97 Å². The van der Waals surface area contributed by atoms with Crippen molar-refractivity contribution in [3.05, 3.63) is 70.5 Å². The fourth-order valence-corrected chi connectivity index (χ4v) is 3.07. The van der Waals surface area contributed by atoms with Gasteiger partial charge in [0.05, 0.1) is 18.2 Å². The lowest BCUT2D eigenvalue weighted by molar-refractivity contribution is -0.138. The number of aliphatic carboxylic acids is 1. The molecule has 5 heteroatoms. The molecule has 1 atom stereocenters. The first kappa shape index (κ1) is 15.2. The minimum absolute atomic E-state index is 0.101. The Hall–Kier alpha value is -2.71. The molecule has 0 aromatic heterocycles. The van der Waals surface area contributed by atoms with Crippen LogP contribution in [0.2, 0.25) is 0 Å². The van der Waals surface area contributed by atoms with Crippen LogP contribution in [-0.4, -0.2) is 11.1 Å². The van der Waals surface area contributed by atoms with Crippen LogP contribution in [0.3, 0.4) is 0 Å². The van der Waals surface area contributed by atoms with E-state index in [1.165, 1.54) is 12.1 Å². The van der Waals surface area contributed by atoms with Crippen LogP contribution in [0.5, 0.6) is 0 Å². The topological polar surface area (TPSA) is 70.3 Å². The van der Waals surface area contributed by atoms with Gasteiger partial charge in [-0.15, -0.1) is 0 Å². The van der Waals surface area contributed by atoms with E-state index in [9.17, 15) is 9.18 Å². The molecule has 0 saturated carbocycles. The van der Waals surface area contributed by atoms with E-state index in [4.69, 9.17) is 15.1 Å². The molecule has 0 aliphatic carbocycles. The van der Waals surface area contributed by atoms with E-state index in [0.29, 0.717) is 11.1 Å². The van der Waals surface area contributed by atoms with Crippen molar-refractivity contribution in [1.29, 1.82) is 5.26 Å². The first-order chi connectivity index (χ1) is 11.0. The molecule has 0 amide bonds. The van der Waals surface area contributed by atoms with E-state index in [0.717, 1.165) is 11.1 Å². The Morgan fingerprint density at radius 1 is 1.35 bits per heavy atom. The summed E-state index contributed by atoms with van der Waals surface area (Å²) in [5.74, 6) is -1.34. The highest BCUT2D eigenvalue weighted by Crippen LogP contribution is 2.45. The van der Waals surface area contributed by atoms with Gasteiger partial charge in [-0.05, 0) is 47.4 Å². The highest BCUT2D eigenvalue weighted by molar-refractivity contribution is 5.67. The smallest absolute Gasteiger partial charge is 0.303 e. The van der Waals surface area contributed by atoms with Gasteiger partial charge in [-0.3, -0.25) is 4.79 Å². The second-order valence-electron chi connectivity index (χ2n) is 5.50. The molecule has 116 valence electrons. The Labute approximate surface area is 132 Å². The SMILES string of the molecule is N#Cc1ccc2c(c1)COC2(CCC(=O)O)c1cccc(F)c1. The maximum Gasteiger partial charge on any atom is 0.303 e. The molecule has 3 rings (SSSR count). The number of carboxylic acid groups (broad SMARTS) is 1. The molecule has 1 unspecified atom stereocenters. The molecule has 0 bridgehead atoms. The average Bonchev–Trinajstić information content (AvgIpc) is 2.92. The van der Waals surface area contributed by atoms with E-state index in [2.05, 4.69) is 6.07 Å². The maximum absolute atomic E-state index is 13.7. The average molecular weight is 311 g/mol. The quantitative estimate of drug-likeness (QED) is 0.940. The number of fused-ring (bicyclic) bond motifs is 1. The van der Waals surface area contributed by atoms with E-state index in [1.54, 1.807) is 30.3 Å². The largest absolute Gasteiger partial charge is 0.481 e. The molecule has 23 heavy (non-hydrogen) atoms. The van der Waals surface area contributed by atoms with Gasteiger partial charge in [-0.2, -0.15) is 5.26 Å². The van der Waals surface area contributed by atoms with Crippen molar-refractivity contribution in [2.75, 3.05) is 0 Å². The molecule has 0 spiro atoms. The van der Waals surface area contributed by atoms with Crippen LogP contribution < -0.4 is 0 Å². The van der Waals surface area contributed by atoms with E-state index in [-0.39, 0.29) is 19.4 Å². The van der Waals surface area contributed by atoms with Crippen molar-refractivity contribution < 1.29 is 19.0 Å². The predicted octanol–water partition coefficient (Wildman–Crippen LogP) is 3.34. The third-order valence-electron chi connectivity index (χ3n) is 4.13. The molecule has 0 saturated heterocycles. The van der Waals surface area contributed by atoms with Gasteiger partial charge in [0.2, 0.25) is 0 Å². The van der Waals surface area contributed by atoms with Crippen molar-refractivity contribution in [1.82, 2.24) is 0 Å². The molecule has 1 aliphatic rings. The van der Waals surface area contributed by atoms with Gasteiger partial charge in [0.15, 0.2) is 0 Å². The Bertz CT molecular complexity index is 812. The summed E-state index contributed by atoms with van der Waals surface area (Å²) in [6, 6.07) is 13.3. The molecule has 2 aromatic rings. The van der Waals surface area contributed by atoms with Gasteiger partial charge in [0, 0.05) is 6.42 Å². The Morgan fingerprint density at radius 3 is 2.87 bits per heavy atom. The van der Waals surface area contributed by atoms with Gasteiger partial charge in [0.25, 0.3) is 0 Å². The molecule has 0 radical (unpaired) electrons. The number of benzene rings is 2. The lowest BCUT2D eigenvalue weighted by atomic mass is 9.81. The lowest BCUT2D eigenvalue weighted by Crippen LogP contribution is -2.28. The lowest BCUT2D eigenvalue weighted by Gasteiger charge is -2.30. The second kappa shape index (κ2) is 5.82. The third-order valence-corrected chi connectivity index (χ3v) is 4.13. The number of hydrogen-bond acceptors (Lipinski definition) is 3. The van der Waals surface area contributed by atoms with Crippen LogP contribution in [-0.2, 0) is 21.7 Å². The summed E-state index contributed by atoms with van der Waals surface area (Å²) >= 11 is 0. The number of nitrogens with zero attached hydrogens (tertiary/aromatic N) is 1. The summed E-state index contributed by atoms with van der Waals surface area (Å²) in [6.45, 7) is 0.265. The number of ether oxygens (including phenoxy) is 1. The Kier molecular flexibility index (Phi) is 3.85. The highest BCUT2D eigenvalue weighted by Gasteiger charge is 2.42. The molecule has 0 fully saturated rings. The summed E-state index contributed by atoms with van der Waals surface area (Å²) in [5.41, 5.74) is 1.73. The molecule has 1 N–H and O–H groups in total. The zero-order valence-corrected chi connectivity index (χ0v) is 12.3. The molecule has 1 heterocycles. The van der Waals surface area contributed by atoms with Crippen molar-refractivity contribution in [2.24, 2.45) is 0 Å². The normalized spacial score (nSPS) is 19.1. The monoisotopic (exact) mass is 311 g/mol. The van der Waals surface area contributed by atoms with Crippen molar-refractivity contribution in [3.8, 4) is 6.07 Å². The van der Waals surface area contributed by atoms with Crippen molar-refractivity contribution in [2.45, 2.75) is 25.0 Å². The van der Waals surface area contributed by atoms with Crippen LogP contribution in [0.1, 0.15) is 35.1 Å². The number of nitriles is 1. The molecular formula is C18H14FNO3. The zero-order chi connectivity index (χ0) is 16.4. The summed E-state index contributed by atoms with van der Waals surface area (Å²) < 4.78 is 19.6. The summed E-state index contributed by atoms with van der Waals surface area (Å²) in [5, 5.41) is 18.1. The fourth-order valence-electron chi connectivity index (χ4n) is 3.07. The number of rotatable bonds is 4. The van der Waals surface area contributed by atoms with E-state index >= 15 is 0 Å². The molecule has 1 aliphatic heterocycles. The summed E-state index contributed by atoms with van der Waals surface area (Å²) in [4.78, 5) is 11.0. The van der Waals surface area contributed by atoms with E-state index in [1.807, 2.05) is 0 Å². The molecular weight excluding hydrogens is 297 g/mol. The first-order valence-electron chi connectivity index (χ1n) is 7.20.